The predicted octanol–water partition coefficient (Wildman–Crippen LogP) is 2.63. The Bertz CT molecular complexity index is 904. The average molecular weight is 572 g/mol. The molecular weight excluding hydrogens is 530 g/mol. The van der Waals surface area contributed by atoms with Crippen LogP contribution >= 0.6 is 11.8 Å². The second kappa shape index (κ2) is 19.6. The molecule has 1 aromatic carbocycles. The van der Waals surface area contributed by atoms with Crippen molar-refractivity contribution in [2.75, 3.05) is 65.7 Å². The van der Waals surface area contributed by atoms with Gasteiger partial charge in [0.15, 0.2) is 17.3 Å². The number of fused-ring (bicyclic) bond motifs is 2. The summed E-state index contributed by atoms with van der Waals surface area (Å²) >= 11 is 1.31. The van der Waals surface area contributed by atoms with Crippen LogP contribution in [0.2, 0.25) is 0 Å². The predicted molar refractivity (Wildman–Crippen MR) is 147 cm³/mol. The summed E-state index contributed by atoms with van der Waals surface area (Å²) in [5.41, 5.74) is 5.85. The van der Waals surface area contributed by atoms with Crippen LogP contribution < -0.4 is 20.5 Å². The van der Waals surface area contributed by atoms with Crippen LogP contribution in [-0.4, -0.2) is 88.3 Å². The molecule has 13 heteroatoms. The van der Waals surface area contributed by atoms with Crippen molar-refractivity contribution in [3.8, 4) is 11.5 Å². The lowest BCUT2D eigenvalue weighted by molar-refractivity contribution is -0.385. The first-order chi connectivity index (χ1) is 19.0. The van der Waals surface area contributed by atoms with Crippen LogP contribution in [0, 0.1) is 10.1 Å². The van der Waals surface area contributed by atoms with E-state index in [-0.39, 0.29) is 60.7 Å². The number of ketones is 1. The average Bonchev–Trinajstić information content (AvgIpc) is 2.92. The first-order valence-electron chi connectivity index (χ1n) is 13.3. The number of methoxy groups -OCH3 is 1. The fourth-order valence-electron chi connectivity index (χ4n) is 3.75. The van der Waals surface area contributed by atoms with E-state index < -0.39 is 11.0 Å². The number of Topliss-reactive ketones (excluding diaryl/α,β-unsaturated/α-hetero) is 1. The van der Waals surface area contributed by atoms with E-state index in [2.05, 4.69) is 5.32 Å². The van der Waals surface area contributed by atoms with E-state index in [1.807, 2.05) is 0 Å². The number of carbonyl (C=O) groups excluding carboxylic acids is 2. The molecule has 1 atom stereocenters. The van der Waals surface area contributed by atoms with Crippen LogP contribution in [0.1, 0.15) is 44.1 Å². The van der Waals surface area contributed by atoms with Gasteiger partial charge in [0.25, 0.3) is 5.69 Å². The quantitative estimate of drug-likeness (QED) is 0.381. The zero-order valence-electron chi connectivity index (χ0n) is 22.7. The lowest BCUT2D eigenvalue weighted by Crippen LogP contribution is -2.43. The summed E-state index contributed by atoms with van der Waals surface area (Å²) in [5.74, 6) is 0.675. The Morgan fingerprint density at radius 3 is 2.49 bits per heavy atom. The molecular formula is C26H41N3O9S. The number of nitrogens with zero attached hydrogens (tertiary/aromatic N) is 1. The molecule has 0 aromatic heterocycles. The maximum atomic E-state index is 12.8. The second-order valence-electron chi connectivity index (χ2n) is 8.88. The van der Waals surface area contributed by atoms with Crippen LogP contribution in [-0.2, 0) is 29.6 Å². The molecule has 1 aliphatic rings. The highest BCUT2D eigenvalue weighted by atomic mass is 32.2. The van der Waals surface area contributed by atoms with Crippen molar-refractivity contribution in [3.63, 3.8) is 0 Å². The van der Waals surface area contributed by atoms with Gasteiger partial charge in [-0.25, -0.2) is 0 Å². The molecule has 0 saturated carbocycles. The van der Waals surface area contributed by atoms with E-state index in [9.17, 15) is 19.7 Å². The van der Waals surface area contributed by atoms with Gasteiger partial charge in [-0.3, -0.25) is 19.7 Å². The van der Waals surface area contributed by atoms with Gasteiger partial charge in [-0.05, 0) is 38.3 Å². The van der Waals surface area contributed by atoms with Crippen LogP contribution in [0.3, 0.4) is 0 Å². The molecule has 3 N–H and O–H groups in total. The summed E-state index contributed by atoms with van der Waals surface area (Å²) in [5, 5.41) is 14.5. The zero-order valence-corrected chi connectivity index (χ0v) is 23.5. The third kappa shape index (κ3) is 13.0. The molecule has 1 aromatic rings. The van der Waals surface area contributed by atoms with Gasteiger partial charge in [0, 0.05) is 43.1 Å². The Morgan fingerprint density at radius 2 is 1.79 bits per heavy atom. The SMILES string of the molecule is COc1cc([N+](=O)[O-])c2cc1OCCOCCOCCCCCOCCC(=O)NC(C(=O)CCCN)CSC2. The molecule has 220 valence electrons. The number of nitro benzene ring substituents is 1. The van der Waals surface area contributed by atoms with Crippen molar-refractivity contribution in [2.45, 2.75) is 50.3 Å². The van der Waals surface area contributed by atoms with Crippen LogP contribution in [0.4, 0.5) is 5.69 Å². The fourth-order valence-corrected chi connectivity index (χ4v) is 4.83. The lowest BCUT2D eigenvalue weighted by atomic mass is 10.1. The van der Waals surface area contributed by atoms with Gasteiger partial charge in [-0.15, -0.1) is 0 Å². The molecule has 1 amide bonds. The highest BCUT2D eigenvalue weighted by Crippen LogP contribution is 2.36. The zero-order chi connectivity index (χ0) is 28.3. The number of thioether (sulfide) groups is 1. The smallest absolute Gasteiger partial charge is 0.277 e. The Morgan fingerprint density at radius 1 is 1.10 bits per heavy atom. The molecule has 1 aliphatic heterocycles. The summed E-state index contributed by atoms with van der Waals surface area (Å²) in [6, 6.07) is 2.17. The van der Waals surface area contributed by atoms with Crippen molar-refractivity contribution in [1.82, 2.24) is 5.32 Å². The third-order valence-electron chi connectivity index (χ3n) is 5.86. The molecule has 1 unspecified atom stereocenters. The van der Waals surface area contributed by atoms with Gasteiger partial charge in [-0.2, -0.15) is 11.8 Å². The minimum atomic E-state index is -0.732. The minimum Gasteiger partial charge on any atom is -0.493 e. The molecule has 39 heavy (non-hydrogen) atoms. The van der Waals surface area contributed by atoms with Crippen molar-refractivity contribution in [3.05, 3.63) is 27.8 Å². The highest BCUT2D eigenvalue weighted by molar-refractivity contribution is 7.98. The van der Waals surface area contributed by atoms with Crippen LogP contribution in [0.25, 0.3) is 0 Å². The van der Waals surface area contributed by atoms with Crippen molar-refractivity contribution >= 4 is 29.1 Å². The van der Waals surface area contributed by atoms with E-state index in [1.165, 1.54) is 24.9 Å². The molecule has 0 radical (unpaired) electrons. The van der Waals surface area contributed by atoms with Gasteiger partial charge in [-0.1, -0.05) is 0 Å². The molecule has 0 saturated heterocycles. The van der Waals surface area contributed by atoms with Gasteiger partial charge in [0.05, 0.1) is 50.6 Å². The topological polar surface area (TPSA) is 161 Å². The Kier molecular flexibility index (Phi) is 16.5. The first kappa shape index (κ1) is 32.8. The summed E-state index contributed by atoms with van der Waals surface area (Å²) < 4.78 is 27.8. The van der Waals surface area contributed by atoms with Crippen LogP contribution in [0.15, 0.2) is 12.1 Å². The fraction of sp³-hybridized carbons (Fsp3) is 0.692. The molecule has 0 spiro atoms. The maximum absolute atomic E-state index is 12.8. The number of nitrogens with two attached hydrogens (primary N) is 1. The molecule has 2 rings (SSSR count). The normalized spacial score (nSPS) is 19.6. The van der Waals surface area contributed by atoms with Gasteiger partial charge >= 0.3 is 0 Å². The maximum Gasteiger partial charge on any atom is 0.277 e. The number of amides is 1. The number of nitro groups is 1. The summed E-state index contributed by atoms with van der Waals surface area (Å²) in [6.45, 7) is 3.25. The van der Waals surface area contributed by atoms with Crippen LogP contribution in [0.5, 0.6) is 11.5 Å². The number of carbonyl (C=O) groups is 2. The Balaban J connectivity index is 2.14. The number of benzene rings is 1. The number of hydrogen-bond donors (Lipinski definition) is 2. The van der Waals surface area contributed by atoms with E-state index in [0.717, 1.165) is 19.3 Å². The van der Waals surface area contributed by atoms with Crippen molar-refractivity contribution in [1.29, 1.82) is 0 Å². The lowest BCUT2D eigenvalue weighted by Gasteiger charge is -2.18. The second-order valence-corrected chi connectivity index (χ2v) is 9.91. The van der Waals surface area contributed by atoms with E-state index in [0.29, 0.717) is 57.3 Å². The highest BCUT2D eigenvalue weighted by Gasteiger charge is 2.23. The summed E-state index contributed by atoms with van der Waals surface area (Å²) in [7, 11) is 1.42. The monoisotopic (exact) mass is 571 g/mol. The Hall–Kier alpha value is -2.45. The largest absolute Gasteiger partial charge is 0.493 e. The standard InChI is InChI=1S/C26H41N3O9S/c1-34-24-17-22(29(32)33)20-16-25(24)38-15-14-37-13-12-36-10-4-2-3-9-35-11-7-26(31)28-21(19-39-18-20)23(30)6-5-8-27/h16-17,21H,2-15,18-19,27H2,1H3,(H,28,31). The van der Waals surface area contributed by atoms with E-state index in [1.54, 1.807) is 6.07 Å². The number of rotatable bonds is 6. The van der Waals surface area contributed by atoms with Crippen molar-refractivity contribution in [2.24, 2.45) is 5.73 Å². The molecule has 0 aliphatic carbocycles. The van der Waals surface area contributed by atoms with E-state index in [4.69, 9.17) is 29.4 Å². The van der Waals surface area contributed by atoms with Gasteiger partial charge in [0.2, 0.25) is 5.91 Å². The Labute approximate surface area is 233 Å². The van der Waals surface area contributed by atoms with E-state index >= 15 is 0 Å². The summed E-state index contributed by atoms with van der Waals surface area (Å²) in [4.78, 5) is 36.5. The molecule has 0 fully saturated rings. The third-order valence-corrected chi connectivity index (χ3v) is 6.95. The molecule has 12 nitrogen and oxygen atoms in total. The van der Waals surface area contributed by atoms with Gasteiger partial charge in [0.1, 0.15) is 6.61 Å². The number of nitrogens with one attached hydrogen (secondary N) is 1. The number of hydrogen-bond acceptors (Lipinski definition) is 11. The molecule has 1 heterocycles. The number of ether oxygens (including phenoxy) is 5. The summed E-state index contributed by atoms with van der Waals surface area (Å²) in [6.07, 6.45) is 3.61. The first-order valence-corrected chi connectivity index (χ1v) is 14.4. The van der Waals surface area contributed by atoms with Crippen molar-refractivity contribution < 1.29 is 38.2 Å². The van der Waals surface area contributed by atoms with Gasteiger partial charge < -0.3 is 34.7 Å². The minimum absolute atomic E-state index is 0.117. The molecule has 2 bridgehead atoms.